The first-order valence-electron chi connectivity index (χ1n) is 10.0. The zero-order chi connectivity index (χ0) is 18.7. The number of carbonyl (C=O) groups is 1. The van der Waals surface area contributed by atoms with E-state index in [0.29, 0.717) is 19.8 Å². The lowest BCUT2D eigenvalue weighted by atomic mass is 9.90. The summed E-state index contributed by atoms with van der Waals surface area (Å²) in [5.74, 6) is 0.615. The fourth-order valence-corrected chi connectivity index (χ4v) is 4.29. The fraction of sp³-hybridized carbons (Fsp3) is 0.789. The largest absolute Gasteiger partial charge is 0.361 e. The predicted molar refractivity (Wildman–Crippen MR) is 98.0 cm³/mol. The van der Waals surface area contributed by atoms with Crippen LogP contribution in [0.15, 0.2) is 10.6 Å². The summed E-state index contributed by atoms with van der Waals surface area (Å²) in [6.07, 6.45) is 3.60. The van der Waals surface area contributed by atoms with Gasteiger partial charge in [-0.1, -0.05) is 5.16 Å². The Balaban J connectivity index is 1.14. The van der Waals surface area contributed by atoms with Crippen LogP contribution in [-0.2, 0) is 20.8 Å². The van der Waals surface area contributed by atoms with Crippen molar-refractivity contribution in [3.05, 3.63) is 17.5 Å². The van der Waals surface area contributed by atoms with Gasteiger partial charge in [0.25, 0.3) is 0 Å². The maximum absolute atomic E-state index is 12.4. The lowest BCUT2D eigenvalue weighted by molar-refractivity contribution is -0.180. The van der Waals surface area contributed by atoms with Gasteiger partial charge in [0.05, 0.1) is 25.5 Å². The molecule has 3 aliphatic rings. The van der Waals surface area contributed by atoms with E-state index in [2.05, 4.69) is 20.3 Å². The minimum Gasteiger partial charge on any atom is -0.361 e. The smallest absolute Gasteiger partial charge is 0.234 e. The van der Waals surface area contributed by atoms with Crippen molar-refractivity contribution in [2.24, 2.45) is 0 Å². The topological polar surface area (TPSA) is 80.1 Å². The van der Waals surface area contributed by atoms with Gasteiger partial charge in [-0.2, -0.15) is 0 Å². The molecule has 27 heavy (non-hydrogen) atoms. The fourth-order valence-electron chi connectivity index (χ4n) is 4.29. The first-order chi connectivity index (χ1) is 13.1. The second kappa shape index (κ2) is 8.26. The van der Waals surface area contributed by atoms with E-state index in [0.717, 1.165) is 69.9 Å². The first-order valence-corrected chi connectivity index (χ1v) is 10.0. The molecule has 1 spiro atoms. The second-order valence-electron chi connectivity index (χ2n) is 7.93. The standard InChI is InChI=1S/C19H30N4O4/c1-15-12-17(21-27-15)13-22-6-8-23(9-7-22)14-18(24)20-16-2-4-19(5-3-16)25-10-11-26-19/h12,16H,2-11,13-14H2,1H3,(H,20,24). The molecule has 2 aliphatic heterocycles. The Kier molecular flexibility index (Phi) is 5.77. The van der Waals surface area contributed by atoms with E-state index in [1.807, 2.05) is 13.0 Å². The average Bonchev–Trinajstić information content (AvgIpc) is 3.28. The number of carbonyl (C=O) groups excluding carboxylic acids is 1. The Morgan fingerprint density at radius 3 is 2.48 bits per heavy atom. The van der Waals surface area contributed by atoms with Gasteiger partial charge in [-0.25, -0.2) is 0 Å². The number of aryl methyl sites for hydroxylation is 1. The number of nitrogens with zero attached hydrogens (tertiary/aromatic N) is 3. The van der Waals surface area contributed by atoms with Gasteiger partial charge in [0.2, 0.25) is 5.91 Å². The van der Waals surface area contributed by atoms with Crippen LogP contribution in [0.25, 0.3) is 0 Å². The number of rotatable bonds is 5. The van der Waals surface area contributed by atoms with Crippen LogP contribution in [0, 0.1) is 6.92 Å². The quantitative estimate of drug-likeness (QED) is 0.815. The number of aromatic nitrogens is 1. The van der Waals surface area contributed by atoms with E-state index < -0.39 is 0 Å². The van der Waals surface area contributed by atoms with Crippen LogP contribution in [0.4, 0.5) is 0 Å². The number of piperazine rings is 1. The van der Waals surface area contributed by atoms with E-state index >= 15 is 0 Å². The van der Waals surface area contributed by atoms with E-state index in [9.17, 15) is 4.79 Å². The van der Waals surface area contributed by atoms with Gasteiger partial charge in [-0.05, 0) is 19.8 Å². The highest BCUT2D eigenvalue weighted by Gasteiger charge is 2.40. The second-order valence-corrected chi connectivity index (χ2v) is 7.93. The third kappa shape index (κ3) is 4.87. The lowest BCUT2D eigenvalue weighted by Gasteiger charge is -2.36. The number of nitrogens with one attached hydrogen (secondary N) is 1. The minimum absolute atomic E-state index is 0.129. The molecule has 0 unspecified atom stereocenters. The molecule has 150 valence electrons. The molecule has 0 radical (unpaired) electrons. The average molecular weight is 378 g/mol. The molecule has 3 fully saturated rings. The Morgan fingerprint density at radius 2 is 1.85 bits per heavy atom. The summed E-state index contributed by atoms with van der Waals surface area (Å²) in [5, 5.41) is 7.26. The minimum atomic E-state index is -0.361. The van der Waals surface area contributed by atoms with Crippen molar-refractivity contribution in [3.63, 3.8) is 0 Å². The zero-order valence-electron chi connectivity index (χ0n) is 16.1. The van der Waals surface area contributed by atoms with Crippen molar-refractivity contribution in [3.8, 4) is 0 Å². The van der Waals surface area contributed by atoms with Crippen molar-refractivity contribution in [2.75, 3.05) is 45.9 Å². The summed E-state index contributed by atoms with van der Waals surface area (Å²) >= 11 is 0. The van der Waals surface area contributed by atoms with Crippen molar-refractivity contribution in [1.82, 2.24) is 20.3 Å². The Labute approximate surface area is 160 Å². The molecule has 0 atom stereocenters. The van der Waals surface area contributed by atoms with Crippen LogP contribution in [0.1, 0.15) is 37.1 Å². The van der Waals surface area contributed by atoms with E-state index in [1.54, 1.807) is 0 Å². The van der Waals surface area contributed by atoms with Crippen molar-refractivity contribution in [2.45, 2.75) is 51.0 Å². The van der Waals surface area contributed by atoms with Gasteiger partial charge in [0.15, 0.2) is 5.79 Å². The van der Waals surface area contributed by atoms with E-state index in [-0.39, 0.29) is 17.7 Å². The predicted octanol–water partition coefficient (Wildman–Crippen LogP) is 0.903. The normalized spacial score (nSPS) is 24.5. The first kappa shape index (κ1) is 18.9. The summed E-state index contributed by atoms with van der Waals surface area (Å²) in [7, 11) is 0. The van der Waals surface area contributed by atoms with Crippen LogP contribution >= 0.6 is 0 Å². The van der Waals surface area contributed by atoms with Crippen molar-refractivity contribution < 1.29 is 18.8 Å². The van der Waals surface area contributed by atoms with Gasteiger partial charge < -0.3 is 19.3 Å². The highest BCUT2D eigenvalue weighted by atomic mass is 16.7. The molecule has 1 saturated carbocycles. The third-order valence-corrected chi connectivity index (χ3v) is 5.82. The van der Waals surface area contributed by atoms with Crippen LogP contribution in [-0.4, -0.2) is 78.6 Å². The molecule has 3 heterocycles. The Hall–Kier alpha value is -1.48. The Morgan fingerprint density at radius 1 is 1.19 bits per heavy atom. The molecule has 1 aromatic heterocycles. The maximum atomic E-state index is 12.4. The third-order valence-electron chi connectivity index (χ3n) is 5.82. The highest BCUT2D eigenvalue weighted by molar-refractivity contribution is 5.78. The molecule has 1 N–H and O–H groups in total. The number of hydrogen-bond donors (Lipinski definition) is 1. The summed E-state index contributed by atoms with van der Waals surface area (Å²) < 4.78 is 16.6. The van der Waals surface area contributed by atoms with Crippen LogP contribution in [0.3, 0.4) is 0 Å². The van der Waals surface area contributed by atoms with Crippen molar-refractivity contribution >= 4 is 5.91 Å². The number of amides is 1. The van der Waals surface area contributed by atoms with Crippen LogP contribution in [0.2, 0.25) is 0 Å². The summed E-state index contributed by atoms with van der Waals surface area (Å²) in [4.78, 5) is 17.0. The van der Waals surface area contributed by atoms with Crippen molar-refractivity contribution in [1.29, 1.82) is 0 Å². The Bertz CT molecular complexity index is 625. The van der Waals surface area contributed by atoms with E-state index in [1.165, 1.54) is 0 Å². The molecule has 4 rings (SSSR count). The zero-order valence-corrected chi connectivity index (χ0v) is 16.1. The van der Waals surface area contributed by atoms with Crippen LogP contribution < -0.4 is 5.32 Å². The molecule has 0 aromatic carbocycles. The number of hydrogen-bond acceptors (Lipinski definition) is 7. The summed E-state index contributed by atoms with van der Waals surface area (Å²) in [6, 6.07) is 2.23. The summed E-state index contributed by atoms with van der Waals surface area (Å²) in [6.45, 7) is 8.28. The molecule has 1 amide bonds. The van der Waals surface area contributed by atoms with Gasteiger partial charge in [0.1, 0.15) is 5.76 Å². The van der Waals surface area contributed by atoms with Gasteiger partial charge in [-0.3, -0.25) is 14.6 Å². The van der Waals surface area contributed by atoms with Gasteiger partial charge in [-0.15, -0.1) is 0 Å². The SMILES string of the molecule is Cc1cc(CN2CCN(CC(=O)NC3CCC4(CC3)OCCO4)CC2)no1. The highest BCUT2D eigenvalue weighted by Crippen LogP contribution is 2.35. The molecule has 0 bridgehead atoms. The van der Waals surface area contributed by atoms with E-state index in [4.69, 9.17) is 14.0 Å². The van der Waals surface area contributed by atoms with Crippen LogP contribution in [0.5, 0.6) is 0 Å². The van der Waals surface area contributed by atoms with Gasteiger partial charge in [0, 0.05) is 57.7 Å². The molecule has 8 heteroatoms. The molecular formula is C19H30N4O4. The maximum Gasteiger partial charge on any atom is 0.234 e. The van der Waals surface area contributed by atoms with Gasteiger partial charge >= 0.3 is 0 Å². The molecular weight excluding hydrogens is 348 g/mol. The monoisotopic (exact) mass is 378 g/mol. The lowest BCUT2D eigenvalue weighted by Crippen LogP contribution is -2.51. The molecule has 8 nitrogen and oxygen atoms in total. The number of ether oxygens (including phenoxy) is 2. The molecule has 2 saturated heterocycles. The molecule has 1 aliphatic carbocycles. The summed E-state index contributed by atoms with van der Waals surface area (Å²) in [5.41, 5.74) is 0.976. The molecule has 1 aromatic rings.